The van der Waals surface area contributed by atoms with E-state index in [0.29, 0.717) is 35.6 Å². The maximum atomic E-state index is 12.4. The average molecular weight is 536 g/mol. The summed E-state index contributed by atoms with van der Waals surface area (Å²) in [7, 11) is -3.33. The first kappa shape index (κ1) is 28.3. The highest BCUT2D eigenvalue weighted by molar-refractivity contribution is 7.92. The second-order valence-corrected chi connectivity index (χ2v) is 11.7. The average Bonchev–Trinajstić information content (AvgIpc) is 2.81. The van der Waals surface area contributed by atoms with Crippen LogP contribution in [0.25, 0.3) is 0 Å². The molecule has 1 heterocycles. The van der Waals surface area contributed by atoms with E-state index in [4.69, 9.17) is 4.74 Å². The molecule has 0 radical (unpaired) electrons. The van der Waals surface area contributed by atoms with Crippen molar-refractivity contribution >= 4 is 34.0 Å². The minimum Gasteiger partial charge on any atom is -0.457 e. The zero-order chi connectivity index (χ0) is 24.7. The summed E-state index contributed by atoms with van der Waals surface area (Å²) in [5, 5.41) is 3.28. The van der Waals surface area contributed by atoms with E-state index >= 15 is 0 Å². The van der Waals surface area contributed by atoms with E-state index in [0.717, 1.165) is 38.7 Å². The third-order valence-corrected chi connectivity index (χ3v) is 7.46. The van der Waals surface area contributed by atoms with Crippen molar-refractivity contribution < 1.29 is 17.9 Å². The molecule has 1 amide bonds. The minimum atomic E-state index is -3.33. The molecule has 7 nitrogen and oxygen atoms in total. The molecule has 4 rings (SSSR count). The van der Waals surface area contributed by atoms with Crippen LogP contribution in [-0.2, 0) is 21.4 Å². The van der Waals surface area contributed by atoms with Gasteiger partial charge in [-0.1, -0.05) is 37.5 Å². The molecule has 198 valence electrons. The minimum absolute atomic E-state index is 0. The number of carbonyl (C=O) groups is 1. The molecule has 2 aromatic carbocycles. The number of halogens is 1. The largest absolute Gasteiger partial charge is 0.457 e. The summed E-state index contributed by atoms with van der Waals surface area (Å²) in [5.41, 5.74) is 1.68. The third-order valence-electron chi connectivity index (χ3n) is 6.85. The van der Waals surface area contributed by atoms with Crippen molar-refractivity contribution in [2.45, 2.75) is 64.0 Å². The van der Waals surface area contributed by atoms with Gasteiger partial charge in [-0.25, -0.2) is 8.42 Å². The zero-order valence-electron chi connectivity index (χ0n) is 20.9. The fraction of sp³-hybridized carbons (Fsp3) is 0.519. The lowest BCUT2D eigenvalue weighted by atomic mass is 9.86. The maximum Gasteiger partial charge on any atom is 0.229 e. The Bertz CT molecular complexity index is 1080. The van der Waals surface area contributed by atoms with E-state index in [1.807, 2.05) is 12.1 Å². The van der Waals surface area contributed by atoms with Crippen LogP contribution >= 0.6 is 12.4 Å². The standard InChI is InChI=1S/C27H37N3O4S.ClH/c1-35(32,33)29-24-8-5-9-26(19-24)34-25-12-10-22(11-13-25)20-30-16-14-23(15-17-30)28-27(31)18-21-6-3-2-4-7-21;/h5,8-13,19,21,23,29H,2-4,6-7,14-18,20H2,1H3,(H,28,31);1H. The van der Waals surface area contributed by atoms with Crippen molar-refractivity contribution in [1.29, 1.82) is 0 Å². The molecule has 0 aromatic heterocycles. The third kappa shape index (κ3) is 9.30. The van der Waals surface area contributed by atoms with Crippen LogP contribution in [-0.4, -0.2) is 44.6 Å². The van der Waals surface area contributed by atoms with Crippen LogP contribution in [0, 0.1) is 5.92 Å². The lowest BCUT2D eigenvalue weighted by Crippen LogP contribution is -2.44. The van der Waals surface area contributed by atoms with Gasteiger partial charge in [0.2, 0.25) is 15.9 Å². The van der Waals surface area contributed by atoms with E-state index in [9.17, 15) is 13.2 Å². The Hall–Kier alpha value is -2.29. The number of sulfonamides is 1. The first-order valence-electron chi connectivity index (χ1n) is 12.7. The van der Waals surface area contributed by atoms with Gasteiger partial charge in [0.25, 0.3) is 0 Å². The SMILES string of the molecule is CS(=O)(=O)Nc1cccc(Oc2ccc(CN3CCC(NC(=O)CC4CCCCC4)CC3)cc2)c1.Cl. The Morgan fingerprint density at radius 1 is 0.972 bits per heavy atom. The molecule has 1 saturated heterocycles. The van der Waals surface area contributed by atoms with Gasteiger partial charge in [-0.05, 0) is 61.4 Å². The zero-order valence-corrected chi connectivity index (χ0v) is 22.6. The van der Waals surface area contributed by atoms with Gasteiger partial charge in [0.05, 0.1) is 11.9 Å². The Labute approximate surface area is 221 Å². The number of hydrogen-bond donors (Lipinski definition) is 2. The van der Waals surface area contributed by atoms with Crippen LogP contribution in [0.1, 0.15) is 56.9 Å². The number of benzene rings is 2. The highest BCUT2D eigenvalue weighted by atomic mass is 35.5. The number of nitrogens with one attached hydrogen (secondary N) is 2. The van der Waals surface area contributed by atoms with Crippen LogP contribution < -0.4 is 14.8 Å². The van der Waals surface area contributed by atoms with Gasteiger partial charge in [0, 0.05) is 38.2 Å². The number of rotatable bonds is 9. The summed E-state index contributed by atoms with van der Waals surface area (Å²) in [6.45, 7) is 2.83. The molecule has 0 spiro atoms. The van der Waals surface area contributed by atoms with Crippen LogP contribution in [0.2, 0.25) is 0 Å². The van der Waals surface area contributed by atoms with Gasteiger partial charge in [0.15, 0.2) is 0 Å². The summed E-state index contributed by atoms with van der Waals surface area (Å²) in [6.07, 6.45) is 10.1. The number of piperidine rings is 1. The molecule has 36 heavy (non-hydrogen) atoms. The Balaban J connectivity index is 0.00000361. The molecule has 0 atom stereocenters. The lowest BCUT2D eigenvalue weighted by Gasteiger charge is -2.32. The van der Waals surface area contributed by atoms with Gasteiger partial charge in [-0.3, -0.25) is 14.4 Å². The normalized spacial score (nSPS) is 17.7. The van der Waals surface area contributed by atoms with Gasteiger partial charge in [-0.2, -0.15) is 0 Å². The molecule has 1 aliphatic heterocycles. The Morgan fingerprint density at radius 2 is 1.67 bits per heavy atom. The number of hydrogen-bond acceptors (Lipinski definition) is 5. The monoisotopic (exact) mass is 535 g/mol. The molecule has 2 aromatic rings. The maximum absolute atomic E-state index is 12.4. The summed E-state index contributed by atoms with van der Waals surface area (Å²) in [6, 6.07) is 15.2. The number of anilines is 1. The molecule has 2 aliphatic rings. The van der Waals surface area contributed by atoms with E-state index < -0.39 is 10.0 Å². The second-order valence-electron chi connectivity index (χ2n) is 9.97. The van der Waals surface area contributed by atoms with E-state index in [1.165, 1.54) is 37.7 Å². The van der Waals surface area contributed by atoms with Crippen molar-refractivity contribution in [3.8, 4) is 11.5 Å². The highest BCUT2D eigenvalue weighted by Gasteiger charge is 2.23. The fourth-order valence-corrected chi connectivity index (χ4v) is 5.62. The summed E-state index contributed by atoms with van der Waals surface area (Å²) >= 11 is 0. The number of ether oxygens (including phenoxy) is 1. The van der Waals surface area contributed by atoms with Crippen molar-refractivity contribution in [1.82, 2.24) is 10.2 Å². The van der Waals surface area contributed by atoms with Crippen LogP contribution in [0.3, 0.4) is 0 Å². The van der Waals surface area contributed by atoms with Crippen LogP contribution in [0.15, 0.2) is 48.5 Å². The molecule has 0 unspecified atom stereocenters. The van der Waals surface area contributed by atoms with Crippen molar-refractivity contribution in [3.63, 3.8) is 0 Å². The molecule has 0 bridgehead atoms. The Morgan fingerprint density at radius 3 is 2.33 bits per heavy atom. The topological polar surface area (TPSA) is 87.7 Å². The molecule has 1 saturated carbocycles. The smallest absolute Gasteiger partial charge is 0.229 e. The number of carbonyl (C=O) groups excluding carboxylic acids is 1. The van der Waals surface area contributed by atoms with Crippen molar-refractivity contribution in [2.24, 2.45) is 5.92 Å². The summed E-state index contributed by atoms with van der Waals surface area (Å²) in [4.78, 5) is 14.9. The summed E-state index contributed by atoms with van der Waals surface area (Å²) < 4.78 is 31.2. The lowest BCUT2D eigenvalue weighted by molar-refractivity contribution is -0.123. The number of nitrogens with zero attached hydrogens (tertiary/aromatic N) is 1. The van der Waals surface area contributed by atoms with E-state index in [-0.39, 0.29) is 18.3 Å². The summed E-state index contributed by atoms with van der Waals surface area (Å²) in [5.74, 6) is 2.09. The number of likely N-dealkylation sites (tertiary alicyclic amines) is 1. The van der Waals surface area contributed by atoms with Crippen LogP contribution in [0.4, 0.5) is 5.69 Å². The predicted octanol–water partition coefficient (Wildman–Crippen LogP) is 5.32. The first-order valence-corrected chi connectivity index (χ1v) is 14.6. The fourth-order valence-electron chi connectivity index (χ4n) is 5.07. The van der Waals surface area contributed by atoms with E-state index in [1.54, 1.807) is 24.3 Å². The highest BCUT2D eigenvalue weighted by Crippen LogP contribution is 2.27. The predicted molar refractivity (Wildman–Crippen MR) is 146 cm³/mol. The van der Waals surface area contributed by atoms with Crippen molar-refractivity contribution in [3.05, 3.63) is 54.1 Å². The van der Waals surface area contributed by atoms with Crippen molar-refractivity contribution in [2.75, 3.05) is 24.1 Å². The molecular weight excluding hydrogens is 498 g/mol. The van der Waals surface area contributed by atoms with Gasteiger partial charge >= 0.3 is 0 Å². The van der Waals surface area contributed by atoms with Crippen LogP contribution in [0.5, 0.6) is 11.5 Å². The van der Waals surface area contributed by atoms with Gasteiger partial charge < -0.3 is 10.1 Å². The Kier molecular flexibility index (Phi) is 10.5. The molecule has 9 heteroatoms. The quantitative estimate of drug-likeness (QED) is 0.453. The molecule has 1 aliphatic carbocycles. The van der Waals surface area contributed by atoms with E-state index in [2.05, 4.69) is 27.1 Å². The molecular formula is C27H38ClN3O4S. The van der Waals surface area contributed by atoms with Gasteiger partial charge in [-0.15, -0.1) is 12.4 Å². The number of amides is 1. The van der Waals surface area contributed by atoms with Gasteiger partial charge in [0.1, 0.15) is 11.5 Å². The molecule has 2 N–H and O–H groups in total. The molecule has 2 fully saturated rings. The first-order chi connectivity index (χ1) is 16.8. The second kappa shape index (κ2) is 13.3.